The van der Waals surface area contributed by atoms with E-state index in [1.165, 1.54) is 71.7 Å². The monoisotopic (exact) mass is 715 g/mol. The summed E-state index contributed by atoms with van der Waals surface area (Å²) in [5.74, 6) is 0.987. The Morgan fingerprint density at radius 1 is 0.464 bits per heavy atom. The summed E-state index contributed by atoms with van der Waals surface area (Å²) in [4.78, 5) is 5.11. The molecular weight excluding hydrogens is 679 g/mol. The van der Waals surface area contributed by atoms with Gasteiger partial charge in [-0.1, -0.05) is 158 Å². The number of imidazole rings is 1. The minimum Gasteiger partial charge on any atom is -0.309 e. The van der Waals surface area contributed by atoms with E-state index in [2.05, 4.69) is 209 Å². The van der Waals surface area contributed by atoms with Gasteiger partial charge in [-0.3, -0.25) is 4.57 Å². The van der Waals surface area contributed by atoms with Gasteiger partial charge in [0.25, 0.3) is 0 Å². The molecule has 0 aliphatic heterocycles. The van der Waals surface area contributed by atoms with Crippen LogP contribution in [0.4, 0.5) is 0 Å². The van der Waals surface area contributed by atoms with Crippen molar-refractivity contribution in [1.82, 2.24) is 14.1 Å². The lowest BCUT2D eigenvalue weighted by molar-refractivity contribution is 0.960. The normalized spacial score (nSPS) is 12.9. The topological polar surface area (TPSA) is 22.8 Å². The van der Waals surface area contributed by atoms with E-state index in [9.17, 15) is 0 Å². The Morgan fingerprint density at radius 3 is 1.79 bits per heavy atom. The lowest BCUT2D eigenvalue weighted by Gasteiger charge is -2.15. The zero-order chi connectivity index (χ0) is 37.0. The smallest absolute Gasteiger partial charge is 0.145 e. The number of aromatic nitrogens is 3. The molecule has 0 radical (unpaired) electrons. The Balaban J connectivity index is 1.00. The second-order valence-corrected chi connectivity index (χ2v) is 14.7. The Labute approximate surface area is 325 Å². The lowest BCUT2D eigenvalue weighted by atomic mass is 9.94. The second-order valence-electron chi connectivity index (χ2n) is 14.7. The molecular formula is C53H37N3. The first kappa shape index (κ1) is 32.2. The number of nitrogens with zero attached hydrogens (tertiary/aromatic N) is 3. The predicted octanol–water partition coefficient (Wildman–Crippen LogP) is 14.1. The van der Waals surface area contributed by atoms with Crippen molar-refractivity contribution >= 4 is 49.3 Å². The summed E-state index contributed by atoms with van der Waals surface area (Å²) in [6.07, 6.45) is 8.66. The first-order chi connectivity index (χ1) is 27.8. The number of hydrogen-bond donors (Lipinski definition) is 0. The van der Waals surface area contributed by atoms with Crippen molar-refractivity contribution in [2.75, 3.05) is 0 Å². The average Bonchev–Trinajstić information content (AvgIpc) is 3.84. The quantitative estimate of drug-likeness (QED) is 0.168. The molecule has 56 heavy (non-hydrogen) atoms. The van der Waals surface area contributed by atoms with E-state index in [1.807, 2.05) is 0 Å². The first-order valence-corrected chi connectivity index (χ1v) is 19.4. The third-order valence-electron chi connectivity index (χ3n) is 11.4. The van der Waals surface area contributed by atoms with Gasteiger partial charge in [0.1, 0.15) is 5.82 Å². The Kier molecular flexibility index (Phi) is 7.63. The summed E-state index contributed by atoms with van der Waals surface area (Å²) in [6, 6.07) is 66.1. The third kappa shape index (κ3) is 5.32. The number of allylic oxidation sites excluding steroid dienone is 4. The van der Waals surface area contributed by atoms with Crippen molar-refractivity contribution in [1.29, 1.82) is 0 Å². The summed E-state index contributed by atoms with van der Waals surface area (Å²) < 4.78 is 4.79. The maximum atomic E-state index is 5.11. The highest BCUT2D eigenvalue weighted by Gasteiger charge is 2.20. The van der Waals surface area contributed by atoms with Crippen LogP contribution in [0.3, 0.4) is 0 Å². The van der Waals surface area contributed by atoms with E-state index in [0.29, 0.717) is 0 Å². The molecule has 0 N–H and O–H groups in total. The lowest BCUT2D eigenvalue weighted by Crippen LogP contribution is -2.01. The van der Waals surface area contributed by atoms with E-state index in [1.54, 1.807) is 0 Å². The molecule has 0 spiro atoms. The van der Waals surface area contributed by atoms with Gasteiger partial charge in [0.05, 0.1) is 22.1 Å². The maximum Gasteiger partial charge on any atom is 0.145 e. The van der Waals surface area contributed by atoms with Crippen molar-refractivity contribution in [3.05, 3.63) is 200 Å². The van der Waals surface area contributed by atoms with E-state index in [-0.39, 0.29) is 0 Å². The highest BCUT2D eigenvalue weighted by atomic mass is 15.1. The van der Waals surface area contributed by atoms with Gasteiger partial charge in [0.15, 0.2) is 0 Å². The van der Waals surface area contributed by atoms with Crippen LogP contribution in [-0.4, -0.2) is 14.1 Å². The van der Waals surface area contributed by atoms with Crippen LogP contribution in [0.15, 0.2) is 200 Å². The van der Waals surface area contributed by atoms with Crippen LogP contribution in [-0.2, 0) is 0 Å². The molecule has 3 heteroatoms. The van der Waals surface area contributed by atoms with Crippen LogP contribution in [0.1, 0.15) is 12.8 Å². The molecule has 10 aromatic rings. The third-order valence-corrected chi connectivity index (χ3v) is 11.4. The van der Waals surface area contributed by atoms with Gasteiger partial charge in [-0.05, 0) is 94.1 Å². The number of hydrogen-bond acceptors (Lipinski definition) is 1. The maximum absolute atomic E-state index is 5.11. The molecule has 1 aliphatic rings. The van der Waals surface area contributed by atoms with Crippen LogP contribution >= 0.6 is 0 Å². The molecule has 2 aromatic heterocycles. The summed E-state index contributed by atoms with van der Waals surface area (Å²) in [5, 5.41) is 5.00. The Hall–Kier alpha value is -7.23. The molecule has 0 atom stereocenters. The Morgan fingerprint density at radius 2 is 1.05 bits per heavy atom. The van der Waals surface area contributed by atoms with Crippen molar-refractivity contribution < 1.29 is 0 Å². The van der Waals surface area contributed by atoms with Gasteiger partial charge < -0.3 is 4.57 Å². The molecule has 0 saturated carbocycles. The molecule has 8 aromatic carbocycles. The van der Waals surface area contributed by atoms with Gasteiger partial charge in [-0.2, -0.15) is 0 Å². The van der Waals surface area contributed by atoms with Gasteiger partial charge >= 0.3 is 0 Å². The molecule has 11 rings (SSSR count). The minimum atomic E-state index is 0.987. The van der Waals surface area contributed by atoms with Crippen LogP contribution in [0, 0.1) is 0 Å². The van der Waals surface area contributed by atoms with Gasteiger partial charge in [0.2, 0.25) is 0 Å². The molecule has 3 nitrogen and oxygen atoms in total. The van der Waals surface area contributed by atoms with E-state index >= 15 is 0 Å². The molecule has 0 amide bonds. The SMILES string of the molecule is C1=CCCC(n2c(-c3ccc(-c4ccc(-c5cc6ccccc6c6c5c5ccccc5n6-c5ccc(-c6ccccc6)cc5)cc4)cc3)nc3ccccc32)=C1. The average molecular weight is 716 g/mol. The summed E-state index contributed by atoms with van der Waals surface area (Å²) in [5.41, 5.74) is 15.4. The van der Waals surface area contributed by atoms with Crippen molar-refractivity contribution in [2.24, 2.45) is 0 Å². The molecule has 0 saturated heterocycles. The van der Waals surface area contributed by atoms with Crippen molar-refractivity contribution in [3.63, 3.8) is 0 Å². The largest absolute Gasteiger partial charge is 0.309 e. The fourth-order valence-electron chi connectivity index (χ4n) is 8.70. The summed E-state index contributed by atoms with van der Waals surface area (Å²) in [7, 11) is 0. The van der Waals surface area contributed by atoms with E-state index in [4.69, 9.17) is 4.98 Å². The highest BCUT2D eigenvalue weighted by molar-refractivity contribution is 6.24. The predicted molar refractivity (Wildman–Crippen MR) is 236 cm³/mol. The van der Waals surface area contributed by atoms with E-state index in [0.717, 1.165) is 41.0 Å². The fraction of sp³-hybridized carbons (Fsp3) is 0.0377. The summed E-state index contributed by atoms with van der Waals surface area (Å²) >= 11 is 0. The number of fused-ring (bicyclic) bond motifs is 6. The molecule has 2 heterocycles. The minimum absolute atomic E-state index is 0.987. The molecule has 0 bridgehead atoms. The van der Waals surface area contributed by atoms with Crippen LogP contribution in [0.25, 0.3) is 99.8 Å². The van der Waals surface area contributed by atoms with Crippen molar-refractivity contribution in [3.8, 4) is 50.5 Å². The second kappa shape index (κ2) is 13.3. The van der Waals surface area contributed by atoms with Crippen molar-refractivity contribution in [2.45, 2.75) is 12.8 Å². The molecule has 264 valence electrons. The number of para-hydroxylation sites is 3. The zero-order valence-electron chi connectivity index (χ0n) is 30.8. The fourth-order valence-corrected chi connectivity index (χ4v) is 8.70. The zero-order valence-corrected chi connectivity index (χ0v) is 30.8. The van der Waals surface area contributed by atoms with Gasteiger partial charge in [-0.15, -0.1) is 0 Å². The highest BCUT2D eigenvalue weighted by Crippen LogP contribution is 2.43. The van der Waals surface area contributed by atoms with Crippen LogP contribution in [0.5, 0.6) is 0 Å². The molecule has 0 unspecified atom stereocenters. The summed E-state index contributed by atoms with van der Waals surface area (Å²) in [6.45, 7) is 0. The molecule has 1 aliphatic carbocycles. The van der Waals surface area contributed by atoms with Gasteiger partial charge in [0, 0.05) is 33.1 Å². The standard InChI is InChI=1S/C53H37N3/c1-3-13-36(14-4-1)39-31-33-44(34-32-39)55-49-21-11-9-19-46(49)51-47(35-42-15-7-8-18-45(42)52(51)55)40-27-23-37(24-28-40)38-25-29-41(30-26-38)53-54-48-20-10-12-22-50(48)56(53)43-16-5-2-6-17-43/h1-5,7-16,18-35H,6,17H2. The van der Waals surface area contributed by atoms with Crippen LogP contribution in [0.2, 0.25) is 0 Å². The first-order valence-electron chi connectivity index (χ1n) is 19.4. The van der Waals surface area contributed by atoms with Gasteiger partial charge in [-0.25, -0.2) is 4.98 Å². The Bertz CT molecular complexity index is 3140. The molecule has 0 fully saturated rings. The van der Waals surface area contributed by atoms with Crippen LogP contribution < -0.4 is 0 Å². The number of benzene rings is 8. The number of rotatable bonds is 6. The van der Waals surface area contributed by atoms with E-state index < -0.39 is 0 Å².